The summed E-state index contributed by atoms with van der Waals surface area (Å²) < 4.78 is 38.4. The van der Waals surface area contributed by atoms with E-state index in [9.17, 15) is 18.0 Å². The summed E-state index contributed by atoms with van der Waals surface area (Å²) in [5, 5.41) is 3.48. The summed E-state index contributed by atoms with van der Waals surface area (Å²) in [4.78, 5) is 12.8. The molecule has 0 bridgehead atoms. The molecule has 0 saturated carbocycles. The Kier molecular flexibility index (Phi) is 6.77. The smallest absolute Gasteiger partial charge is 0.322 e. The van der Waals surface area contributed by atoms with Crippen LogP contribution in [0.15, 0.2) is 71.6 Å². The molecule has 3 aromatic carbocycles. The number of hydrogen-bond donors (Lipinski definition) is 1. The van der Waals surface area contributed by atoms with Gasteiger partial charge in [0, 0.05) is 31.9 Å². The van der Waals surface area contributed by atoms with Gasteiger partial charge in [-0.3, -0.25) is 4.79 Å². The number of thioether (sulfide) groups is 1. The van der Waals surface area contributed by atoms with Gasteiger partial charge in [0.2, 0.25) is 0 Å². The molecule has 0 aliphatic heterocycles. The van der Waals surface area contributed by atoms with E-state index in [2.05, 4.69) is 5.32 Å². The van der Waals surface area contributed by atoms with Crippen molar-refractivity contribution in [3.8, 4) is 0 Å². The van der Waals surface area contributed by atoms with E-state index in [0.717, 1.165) is 17.7 Å². The van der Waals surface area contributed by atoms with Crippen molar-refractivity contribution >= 4 is 46.6 Å². The standard InChI is InChI=1S/C21H14Cl2F3NOS/c22-16-8-14(9-17(23)11-16)20(28)27-18-6-4-13(5-7-18)12-29-19-3-1-2-15(10-19)21(24,25)26/h1-11H,12H2,(H,27,28). The molecule has 1 N–H and O–H groups in total. The van der Waals surface area contributed by atoms with Crippen molar-refractivity contribution in [3.05, 3.63) is 93.5 Å². The van der Waals surface area contributed by atoms with Crippen LogP contribution in [0.5, 0.6) is 0 Å². The molecule has 0 aliphatic carbocycles. The van der Waals surface area contributed by atoms with Crippen molar-refractivity contribution in [1.29, 1.82) is 0 Å². The number of halogens is 5. The molecule has 0 aliphatic rings. The maximum atomic E-state index is 12.8. The van der Waals surface area contributed by atoms with E-state index in [1.54, 1.807) is 30.3 Å². The highest BCUT2D eigenvalue weighted by Crippen LogP contribution is 2.33. The third-order valence-electron chi connectivity index (χ3n) is 3.90. The van der Waals surface area contributed by atoms with Crippen molar-refractivity contribution in [3.63, 3.8) is 0 Å². The number of amides is 1. The third kappa shape index (κ3) is 6.16. The normalized spacial score (nSPS) is 11.3. The first-order valence-electron chi connectivity index (χ1n) is 8.37. The summed E-state index contributed by atoms with van der Waals surface area (Å²) in [6.07, 6.45) is -4.36. The molecule has 0 spiro atoms. The summed E-state index contributed by atoms with van der Waals surface area (Å²) in [7, 11) is 0. The Morgan fingerprint density at radius 1 is 0.931 bits per heavy atom. The van der Waals surface area contributed by atoms with Gasteiger partial charge >= 0.3 is 6.18 Å². The summed E-state index contributed by atoms with van der Waals surface area (Å²) in [5.74, 6) is 0.153. The zero-order chi connectivity index (χ0) is 21.0. The van der Waals surface area contributed by atoms with Gasteiger partial charge in [0.1, 0.15) is 0 Å². The van der Waals surface area contributed by atoms with Gasteiger partial charge in [0.15, 0.2) is 0 Å². The topological polar surface area (TPSA) is 29.1 Å². The number of anilines is 1. The molecule has 3 aromatic rings. The Hall–Kier alpha value is -2.15. The third-order valence-corrected chi connectivity index (χ3v) is 5.40. The lowest BCUT2D eigenvalue weighted by Gasteiger charge is -2.09. The van der Waals surface area contributed by atoms with E-state index in [-0.39, 0.29) is 5.91 Å². The molecular formula is C21H14Cl2F3NOS. The minimum absolute atomic E-state index is 0.340. The van der Waals surface area contributed by atoms with Crippen molar-refractivity contribution in [2.75, 3.05) is 5.32 Å². The molecule has 8 heteroatoms. The second kappa shape index (κ2) is 9.11. The highest BCUT2D eigenvalue weighted by atomic mass is 35.5. The largest absolute Gasteiger partial charge is 0.416 e. The second-order valence-electron chi connectivity index (χ2n) is 6.12. The van der Waals surface area contributed by atoms with Crippen LogP contribution in [-0.4, -0.2) is 5.91 Å². The Labute approximate surface area is 180 Å². The predicted molar refractivity (Wildman–Crippen MR) is 112 cm³/mol. The molecule has 0 aromatic heterocycles. The number of carbonyl (C=O) groups is 1. The van der Waals surface area contributed by atoms with Crippen LogP contribution in [0.4, 0.5) is 18.9 Å². The van der Waals surface area contributed by atoms with Crippen LogP contribution in [0.3, 0.4) is 0 Å². The first-order chi connectivity index (χ1) is 13.7. The predicted octanol–water partition coefficient (Wildman–Crippen LogP) is 7.56. The molecular weight excluding hydrogens is 442 g/mol. The first kappa shape index (κ1) is 21.6. The van der Waals surface area contributed by atoms with E-state index in [0.29, 0.717) is 31.9 Å². The fourth-order valence-corrected chi connectivity index (χ4v) is 3.94. The highest BCUT2D eigenvalue weighted by molar-refractivity contribution is 7.98. The van der Waals surface area contributed by atoms with Gasteiger partial charge in [-0.2, -0.15) is 13.2 Å². The van der Waals surface area contributed by atoms with E-state index in [4.69, 9.17) is 23.2 Å². The Morgan fingerprint density at radius 2 is 1.59 bits per heavy atom. The van der Waals surface area contributed by atoms with Crippen molar-refractivity contribution in [1.82, 2.24) is 0 Å². The first-order valence-corrected chi connectivity index (χ1v) is 10.1. The van der Waals surface area contributed by atoms with Crippen LogP contribution in [0.1, 0.15) is 21.5 Å². The SMILES string of the molecule is O=C(Nc1ccc(CSc2cccc(C(F)(F)F)c2)cc1)c1cc(Cl)cc(Cl)c1. The number of benzene rings is 3. The molecule has 3 rings (SSSR count). The molecule has 0 heterocycles. The van der Waals surface area contributed by atoms with E-state index in [1.807, 2.05) is 0 Å². The summed E-state index contributed by atoms with van der Waals surface area (Å²) in [6, 6.07) is 16.9. The average Bonchev–Trinajstić information content (AvgIpc) is 2.66. The van der Waals surface area contributed by atoms with Crippen LogP contribution >= 0.6 is 35.0 Å². The second-order valence-corrected chi connectivity index (χ2v) is 8.05. The lowest BCUT2D eigenvalue weighted by atomic mass is 10.2. The molecule has 29 heavy (non-hydrogen) atoms. The minimum atomic E-state index is -4.36. The van der Waals surface area contributed by atoms with E-state index in [1.165, 1.54) is 36.0 Å². The number of hydrogen-bond acceptors (Lipinski definition) is 2. The van der Waals surface area contributed by atoms with Crippen LogP contribution in [0.2, 0.25) is 10.0 Å². The van der Waals surface area contributed by atoms with E-state index < -0.39 is 11.7 Å². The maximum absolute atomic E-state index is 12.8. The monoisotopic (exact) mass is 455 g/mol. The number of carbonyl (C=O) groups excluding carboxylic acids is 1. The molecule has 0 fully saturated rings. The quantitative estimate of drug-likeness (QED) is 0.402. The van der Waals surface area contributed by atoms with Crippen molar-refractivity contribution < 1.29 is 18.0 Å². The summed E-state index contributed by atoms with van der Waals surface area (Å²) in [5.41, 5.74) is 1.17. The molecule has 150 valence electrons. The Balaban J connectivity index is 1.61. The number of nitrogens with one attached hydrogen (secondary N) is 1. The summed E-state index contributed by atoms with van der Waals surface area (Å²) >= 11 is 13.1. The zero-order valence-electron chi connectivity index (χ0n) is 14.8. The fourth-order valence-electron chi connectivity index (χ4n) is 2.50. The fraction of sp³-hybridized carbons (Fsp3) is 0.0952. The number of alkyl halides is 3. The minimum Gasteiger partial charge on any atom is -0.322 e. The molecule has 0 unspecified atom stereocenters. The molecule has 1 amide bonds. The lowest BCUT2D eigenvalue weighted by Crippen LogP contribution is -2.11. The van der Waals surface area contributed by atoms with Crippen LogP contribution in [0, 0.1) is 0 Å². The van der Waals surface area contributed by atoms with Gasteiger partial charge in [-0.25, -0.2) is 0 Å². The molecule has 2 nitrogen and oxygen atoms in total. The number of rotatable bonds is 5. The van der Waals surface area contributed by atoms with E-state index >= 15 is 0 Å². The molecule has 0 atom stereocenters. The maximum Gasteiger partial charge on any atom is 0.416 e. The van der Waals surface area contributed by atoms with Gasteiger partial charge < -0.3 is 5.32 Å². The Bertz CT molecular complexity index is 1000. The van der Waals surface area contributed by atoms with Gasteiger partial charge in [0.25, 0.3) is 5.91 Å². The van der Waals surface area contributed by atoms with Crippen LogP contribution < -0.4 is 5.32 Å². The molecule has 0 radical (unpaired) electrons. The van der Waals surface area contributed by atoms with Gasteiger partial charge in [0.05, 0.1) is 5.56 Å². The van der Waals surface area contributed by atoms with Crippen LogP contribution in [0.25, 0.3) is 0 Å². The van der Waals surface area contributed by atoms with Crippen LogP contribution in [-0.2, 0) is 11.9 Å². The van der Waals surface area contributed by atoms with Crippen molar-refractivity contribution in [2.45, 2.75) is 16.8 Å². The van der Waals surface area contributed by atoms with Crippen molar-refractivity contribution in [2.24, 2.45) is 0 Å². The molecule has 0 saturated heterocycles. The summed E-state index contributed by atoms with van der Waals surface area (Å²) in [6.45, 7) is 0. The Morgan fingerprint density at radius 3 is 2.21 bits per heavy atom. The average molecular weight is 456 g/mol. The lowest BCUT2D eigenvalue weighted by molar-refractivity contribution is -0.137. The van der Waals surface area contributed by atoms with Gasteiger partial charge in [-0.15, -0.1) is 11.8 Å². The van der Waals surface area contributed by atoms with Gasteiger partial charge in [-0.1, -0.05) is 41.4 Å². The highest BCUT2D eigenvalue weighted by Gasteiger charge is 2.30. The van der Waals surface area contributed by atoms with Gasteiger partial charge in [-0.05, 0) is 54.1 Å². The zero-order valence-corrected chi connectivity index (χ0v) is 17.1.